The quantitative estimate of drug-likeness (QED) is 0.763. The third-order valence-electron chi connectivity index (χ3n) is 4.61. The van der Waals surface area contributed by atoms with Gasteiger partial charge >= 0.3 is 0 Å². The van der Waals surface area contributed by atoms with Crippen molar-refractivity contribution in [3.05, 3.63) is 59.7 Å². The van der Waals surface area contributed by atoms with Gasteiger partial charge in [0.05, 0.1) is 0 Å². The number of halogens is 1. The summed E-state index contributed by atoms with van der Waals surface area (Å²) in [5, 5.41) is 6.36. The Hall–Kier alpha value is -2.04. The van der Waals surface area contributed by atoms with Gasteiger partial charge in [-0.1, -0.05) is 30.3 Å². The van der Waals surface area contributed by atoms with Gasteiger partial charge in [0.2, 0.25) is 5.91 Å². The number of carbonyl (C=O) groups is 1. The summed E-state index contributed by atoms with van der Waals surface area (Å²) < 4.78 is 6.00. The molecule has 1 heterocycles. The van der Waals surface area contributed by atoms with E-state index in [-0.39, 0.29) is 18.3 Å². The van der Waals surface area contributed by atoms with Crippen molar-refractivity contribution in [3.63, 3.8) is 0 Å². The van der Waals surface area contributed by atoms with Crippen molar-refractivity contribution in [2.24, 2.45) is 5.92 Å². The number of ether oxygens (including phenoxy) is 1. The fourth-order valence-electron chi connectivity index (χ4n) is 3.13. The second-order valence-corrected chi connectivity index (χ2v) is 6.70. The normalized spacial score (nSPS) is 16.0. The molecule has 1 amide bonds. The van der Waals surface area contributed by atoms with Crippen LogP contribution in [0.3, 0.4) is 0 Å². The Balaban J connectivity index is 0.00000243. The van der Waals surface area contributed by atoms with Crippen molar-refractivity contribution < 1.29 is 9.53 Å². The molecule has 0 bridgehead atoms. The average molecular weight is 375 g/mol. The van der Waals surface area contributed by atoms with Crippen LogP contribution in [0.2, 0.25) is 0 Å². The molecule has 0 aromatic heterocycles. The smallest absolute Gasteiger partial charge is 0.220 e. The van der Waals surface area contributed by atoms with Gasteiger partial charge in [0.25, 0.3) is 0 Å². The van der Waals surface area contributed by atoms with Crippen LogP contribution in [0.1, 0.15) is 30.4 Å². The van der Waals surface area contributed by atoms with Gasteiger partial charge in [0, 0.05) is 18.5 Å². The molecule has 0 aliphatic carbocycles. The Bertz CT molecular complexity index is 715. The molecule has 1 unspecified atom stereocenters. The summed E-state index contributed by atoms with van der Waals surface area (Å²) in [6, 6.07) is 15.8. The zero-order chi connectivity index (χ0) is 17.5. The van der Waals surface area contributed by atoms with E-state index in [1.54, 1.807) is 0 Å². The summed E-state index contributed by atoms with van der Waals surface area (Å²) in [6.07, 6.45) is 2.73. The number of para-hydroxylation sites is 1. The molecule has 1 aliphatic heterocycles. The minimum Gasteiger partial charge on any atom is -0.457 e. The first-order chi connectivity index (χ1) is 12.2. The molecule has 0 radical (unpaired) electrons. The predicted octanol–water partition coefficient (Wildman–Crippen LogP) is 4.22. The number of hydrogen-bond acceptors (Lipinski definition) is 3. The lowest BCUT2D eigenvalue weighted by Gasteiger charge is -2.13. The van der Waals surface area contributed by atoms with Gasteiger partial charge < -0.3 is 15.4 Å². The molecule has 0 saturated carbocycles. The average Bonchev–Trinajstić information content (AvgIpc) is 3.13. The number of amides is 1. The molecule has 1 saturated heterocycles. The monoisotopic (exact) mass is 374 g/mol. The molecule has 4 nitrogen and oxygen atoms in total. The molecular formula is C21H27ClN2O2. The number of rotatable bonds is 7. The van der Waals surface area contributed by atoms with Gasteiger partial charge in [-0.15, -0.1) is 12.4 Å². The molecular weight excluding hydrogens is 348 g/mol. The van der Waals surface area contributed by atoms with Gasteiger partial charge in [-0.05, 0) is 62.5 Å². The Morgan fingerprint density at radius 2 is 2.08 bits per heavy atom. The van der Waals surface area contributed by atoms with Crippen molar-refractivity contribution in [2.75, 3.05) is 13.1 Å². The van der Waals surface area contributed by atoms with Crippen LogP contribution < -0.4 is 15.4 Å². The van der Waals surface area contributed by atoms with Crippen LogP contribution in [0.15, 0.2) is 48.5 Å². The number of aryl methyl sites for hydroxylation is 1. The van der Waals surface area contributed by atoms with Crippen LogP contribution in [0.4, 0.5) is 0 Å². The molecule has 2 aromatic carbocycles. The molecule has 2 N–H and O–H groups in total. The van der Waals surface area contributed by atoms with E-state index >= 15 is 0 Å². The van der Waals surface area contributed by atoms with E-state index in [9.17, 15) is 4.79 Å². The first kappa shape index (κ1) is 20.3. The summed E-state index contributed by atoms with van der Waals surface area (Å²) >= 11 is 0. The molecule has 3 rings (SSSR count). The Morgan fingerprint density at radius 3 is 2.85 bits per heavy atom. The number of nitrogens with one attached hydrogen (secondary N) is 2. The molecule has 140 valence electrons. The summed E-state index contributed by atoms with van der Waals surface area (Å²) in [6.45, 7) is 4.65. The molecule has 0 spiro atoms. The third-order valence-corrected chi connectivity index (χ3v) is 4.61. The standard InChI is InChI=1S/C21H26N2O2.ClH/c1-16-5-4-7-19(13-16)25-20-8-3-2-6-18(20)15-23-21(24)10-9-17-11-12-22-14-17;/h2-8,13,17,22H,9-12,14-15H2,1H3,(H,23,24);1H. The maximum absolute atomic E-state index is 12.1. The number of hydrogen-bond donors (Lipinski definition) is 2. The highest BCUT2D eigenvalue weighted by atomic mass is 35.5. The minimum absolute atomic E-state index is 0. The lowest BCUT2D eigenvalue weighted by molar-refractivity contribution is -0.121. The fourth-order valence-corrected chi connectivity index (χ4v) is 3.13. The zero-order valence-corrected chi connectivity index (χ0v) is 16.0. The highest BCUT2D eigenvalue weighted by molar-refractivity contribution is 5.85. The highest BCUT2D eigenvalue weighted by Gasteiger charge is 2.15. The van der Waals surface area contributed by atoms with Crippen molar-refractivity contribution in [2.45, 2.75) is 32.7 Å². The molecule has 5 heteroatoms. The van der Waals surface area contributed by atoms with Crippen LogP contribution in [0, 0.1) is 12.8 Å². The largest absolute Gasteiger partial charge is 0.457 e. The minimum atomic E-state index is 0. The molecule has 26 heavy (non-hydrogen) atoms. The van der Waals surface area contributed by atoms with Crippen LogP contribution in [0.5, 0.6) is 11.5 Å². The van der Waals surface area contributed by atoms with Gasteiger partial charge in [0.15, 0.2) is 0 Å². The van der Waals surface area contributed by atoms with E-state index in [0.717, 1.165) is 42.1 Å². The lowest BCUT2D eigenvalue weighted by Crippen LogP contribution is -2.23. The first-order valence-electron chi connectivity index (χ1n) is 9.00. The van der Waals surface area contributed by atoms with E-state index in [1.807, 2.05) is 55.5 Å². The first-order valence-corrected chi connectivity index (χ1v) is 9.00. The number of benzene rings is 2. The van der Waals surface area contributed by atoms with E-state index < -0.39 is 0 Å². The summed E-state index contributed by atoms with van der Waals surface area (Å²) in [7, 11) is 0. The Morgan fingerprint density at radius 1 is 1.23 bits per heavy atom. The maximum atomic E-state index is 12.1. The van der Waals surface area contributed by atoms with Gasteiger partial charge in [-0.2, -0.15) is 0 Å². The van der Waals surface area contributed by atoms with Crippen LogP contribution in [0.25, 0.3) is 0 Å². The van der Waals surface area contributed by atoms with Crippen molar-refractivity contribution in [1.29, 1.82) is 0 Å². The highest BCUT2D eigenvalue weighted by Crippen LogP contribution is 2.25. The maximum Gasteiger partial charge on any atom is 0.220 e. The Labute approximate surface area is 161 Å². The van der Waals surface area contributed by atoms with E-state index in [0.29, 0.717) is 18.9 Å². The van der Waals surface area contributed by atoms with E-state index in [2.05, 4.69) is 10.6 Å². The number of carbonyl (C=O) groups excluding carboxylic acids is 1. The van der Waals surface area contributed by atoms with E-state index in [4.69, 9.17) is 4.74 Å². The summed E-state index contributed by atoms with van der Waals surface area (Å²) in [5.41, 5.74) is 2.14. The Kier molecular flexibility index (Phi) is 7.95. The molecule has 1 fully saturated rings. The lowest BCUT2D eigenvalue weighted by atomic mass is 10.0. The van der Waals surface area contributed by atoms with E-state index in [1.165, 1.54) is 6.42 Å². The van der Waals surface area contributed by atoms with Crippen LogP contribution in [-0.4, -0.2) is 19.0 Å². The van der Waals surface area contributed by atoms with Crippen molar-refractivity contribution in [1.82, 2.24) is 10.6 Å². The zero-order valence-electron chi connectivity index (χ0n) is 15.2. The summed E-state index contributed by atoms with van der Waals surface area (Å²) in [5.74, 6) is 2.35. The van der Waals surface area contributed by atoms with Gasteiger partial charge in [-0.3, -0.25) is 4.79 Å². The SMILES string of the molecule is Cc1cccc(Oc2ccccc2CNC(=O)CCC2CCNC2)c1.Cl. The fraction of sp³-hybridized carbons (Fsp3) is 0.381. The molecule has 1 atom stereocenters. The second kappa shape index (κ2) is 10.2. The van der Waals surface area contributed by atoms with Crippen LogP contribution in [-0.2, 0) is 11.3 Å². The molecule has 2 aromatic rings. The molecule has 1 aliphatic rings. The second-order valence-electron chi connectivity index (χ2n) is 6.70. The van der Waals surface area contributed by atoms with Crippen molar-refractivity contribution >= 4 is 18.3 Å². The third kappa shape index (κ3) is 6.04. The topological polar surface area (TPSA) is 50.4 Å². The van der Waals surface area contributed by atoms with Crippen LogP contribution >= 0.6 is 12.4 Å². The van der Waals surface area contributed by atoms with Crippen molar-refractivity contribution in [3.8, 4) is 11.5 Å². The van der Waals surface area contributed by atoms with Gasteiger partial charge in [-0.25, -0.2) is 0 Å². The van der Waals surface area contributed by atoms with Gasteiger partial charge in [0.1, 0.15) is 11.5 Å². The summed E-state index contributed by atoms with van der Waals surface area (Å²) in [4.78, 5) is 12.1. The predicted molar refractivity (Wildman–Crippen MR) is 107 cm³/mol.